The molecular formula is C26H20ClF3N6O2. The molecule has 0 aliphatic carbocycles. The number of aromatic nitrogens is 4. The maximum absolute atomic E-state index is 14.1. The van der Waals surface area contributed by atoms with Crippen molar-refractivity contribution in [3.05, 3.63) is 99.7 Å². The molecule has 8 nitrogen and oxygen atoms in total. The van der Waals surface area contributed by atoms with E-state index in [9.17, 15) is 18.0 Å². The molecule has 0 spiro atoms. The van der Waals surface area contributed by atoms with Crippen molar-refractivity contribution in [2.45, 2.75) is 32.7 Å². The van der Waals surface area contributed by atoms with E-state index >= 15 is 0 Å². The number of halogens is 4. The smallest absolute Gasteiger partial charge is 0.420 e. The average Bonchev–Trinajstić information content (AvgIpc) is 3.29. The van der Waals surface area contributed by atoms with Crippen LogP contribution in [0.3, 0.4) is 0 Å². The maximum atomic E-state index is 14.1. The molecule has 38 heavy (non-hydrogen) atoms. The summed E-state index contributed by atoms with van der Waals surface area (Å²) >= 11 is 6.09. The summed E-state index contributed by atoms with van der Waals surface area (Å²) < 4.78 is 49.2. The van der Waals surface area contributed by atoms with E-state index in [1.54, 1.807) is 44.2 Å². The molecule has 2 aromatic carbocycles. The predicted molar refractivity (Wildman–Crippen MR) is 132 cm³/mol. The zero-order valence-corrected chi connectivity index (χ0v) is 20.9. The topological polar surface area (TPSA) is 106 Å². The highest BCUT2D eigenvalue weighted by atomic mass is 35.5. The van der Waals surface area contributed by atoms with Crippen LogP contribution in [0.5, 0.6) is 5.75 Å². The van der Waals surface area contributed by atoms with Crippen LogP contribution in [-0.4, -0.2) is 25.7 Å². The van der Waals surface area contributed by atoms with Gasteiger partial charge in [0.05, 0.1) is 17.2 Å². The molecule has 0 radical (unpaired) electrons. The van der Waals surface area contributed by atoms with Gasteiger partial charge in [-0.15, -0.1) is 5.10 Å². The number of hydrogen-bond acceptors (Lipinski definition) is 6. The number of benzene rings is 2. The van der Waals surface area contributed by atoms with Crippen molar-refractivity contribution in [3.63, 3.8) is 0 Å². The third kappa shape index (κ3) is 5.76. The highest BCUT2D eigenvalue weighted by Gasteiger charge is 2.39. The van der Waals surface area contributed by atoms with Crippen LogP contribution >= 0.6 is 11.6 Å². The highest BCUT2D eigenvalue weighted by molar-refractivity contribution is 6.31. The summed E-state index contributed by atoms with van der Waals surface area (Å²) in [5.41, 5.74) is -0.981. The number of carbonyl (C=O) groups is 1. The number of nitrogens with zero attached hydrogens (tertiary/aromatic N) is 5. The molecule has 2 aromatic heterocycles. The fraction of sp³-hybridized carbons (Fsp3) is 0.192. The Labute approximate surface area is 220 Å². The van der Waals surface area contributed by atoms with E-state index < -0.39 is 35.0 Å². The first-order valence-electron chi connectivity index (χ1n) is 11.3. The number of nitriles is 1. The largest absolute Gasteiger partial charge is 0.488 e. The molecular weight excluding hydrogens is 521 g/mol. The number of nitrogens with one attached hydrogen (secondary N) is 1. The molecule has 0 saturated carbocycles. The average molecular weight is 541 g/mol. The van der Waals surface area contributed by atoms with E-state index in [1.807, 2.05) is 6.07 Å². The number of alkyl halides is 3. The summed E-state index contributed by atoms with van der Waals surface area (Å²) in [5.74, 6) is -0.552. The first kappa shape index (κ1) is 26.6. The molecule has 1 atom stereocenters. The molecule has 194 valence electrons. The van der Waals surface area contributed by atoms with Gasteiger partial charge < -0.3 is 10.1 Å². The van der Waals surface area contributed by atoms with Crippen LogP contribution < -0.4 is 10.1 Å². The van der Waals surface area contributed by atoms with Crippen molar-refractivity contribution < 1.29 is 22.7 Å². The second kappa shape index (κ2) is 10.9. The van der Waals surface area contributed by atoms with Gasteiger partial charge in [-0.05, 0) is 44.2 Å². The number of amides is 1. The number of ether oxygens (including phenoxy) is 1. The number of carbonyl (C=O) groups excluding carboxylic acids is 1. The summed E-state index contributed by atoms with van der Waals surface area (Å²) in [4.78, 5) is 21.6. The number of hydrogen-bond donors (Lipinski definition) is 1. The maximum Gasteiger partial charge on any atom is 0.420 e. The van der Waals surface area contributed by atoms with Gasteiger partial charge in [0.2, 0.25) is 0 Å². The molecule has 1 unspecified atom stereocenters. The summed E-state index contributed by atoms with van der Waals surface area (Å²) in [5, 5.41) is 16.2. The molecule has 0 aliphatic heterocycles. The summed E-state index contributed by atoms with van der Waals surface area (Å²) in [7, 11) is 0. The number of pyridine rings is 1. The highest BCUT2D eigenvalue weighted by Crippen LogP contribution is 2.39. The van der Waals surface area contributed by atoms with E-state index in [0.717, 1.165) is 12.1 Å². The SMILES string of the molecule is Cc1nc(C(C)NC(=O)c2cccc(OCc3ccccc3Cl)c2C(F)(F)F)n(-c2ccc(C#N)cn2)n1. The Balaban J connectivity index is 1.62. The van der Waals surface area contributed by atoms with Gasteiger partial charge in [-0.25, -0.2) is 9.97 Å². The molecule has 0 bridgehead atoms. The third-order valence-electron chi connectivity index (χ3n) is 5.46. The molecule has 4 rings (SSSR count). The van der Waals surface area contributed by atoms with Crippen LogP contribution in [0.1, 0.15) is 51.7 Å². The quantitative estimate of drug-likeness (QED) is 0.328. The Morgan fingerprint density at radius 1 is 1.18 bits per heavy atom. The van der Waals surface area contributed by atoms with Crippen LogP contribution in [0, 0.1) is 18.3 Å². The molecule has 12 heteroatoms. The Hall–Kier alpha value is -4.43. The van der Waals surface area contributed by atoms with Crippen molar-refractivity contribution >= 4 is 17.5 Å². The van der Waals surface area contributed by atoms with Crippen molar-refractivity contribution in [1.82, 2.24) is 25.1 Å². The fourth-order valence-corrected chi connectivity index (χ4v) is 3.89. The van der Waals surface area contributed by atoms with Crippen molar-refractivity contribution in [2.75, 3.05) is 0 Å². The zero-order valence-electron chi connectivity index (χ0n) is 20.1. The molecule has 4 aromatic rings. The Kier molecular flexibility index (Phi) is 7.64. The lowest BCUT2D eigenvalue weighted by molar-refractivity contribution is -0.139. The summed E-state index contributed by atoms with van der Waals surface area (Å²) in [6, 6.07) is 14.3. The van der Waals surface area contributed by atoms with E-state index in [1.165, 1.54) is 23.0 Å². The first-order chi connectivity index (χ1) is 18.1. The van der Waals surface area contributed by atoms with E-state index in [0.29, 0.717) is 27.8 Å². The van der Waals surface area contributed by atoms with Gasteiger partial charge >= 0.3 is 6.18 Å². The fourth-order valence-electron chi connectivity index (χ4n) is 3.70. The van der Waals surface area contributed by atoms with E-state index in [-0.39, 0.29) is 12.4 Å². The monoisotopic (exact) mass is 540 g/mol. The normalized spacial score (nSPS) is 12.0. The van der Waals surface area contributed by atoms with E-state index in [2.05, 4.69) is 20.4 Å². The Morgan fingerprint density at radius 2 is 1.95 bits per heavy atom. The predicted octanol–water partition coefficient (Wildman–Crippen LogP) is 5.58. The van der Waals surface area contributed by atoms with Gasteiger partial charge in [0.1, 0.15) is 29.8 Å². The first-order valence-corrected chi connectivity index (χ1v) is 11.6. The van der Waals surface area contributed by atoms with Gasteiger partial charge in [-0.2, -0.15) is 23.1 Å². The lowest BCUT2D eigenvalue weighted by Gasteiger charge is -2.19. The Morgan fingerprint density at radius 3 is 2.61 bits per heavy atom. The van der Waals surface area contributed by atoms with Crippen molar-refractivity contribution in [1.29, 1.82) is 5.26 Å². The summed E-state index contributed by atoms with van der Waals surface area (Å²) in [6.45, 7) is 2.97. The van der Waals surface area contributed by atoms with Gasteiger partial charge in [0.25, 0.3) is 5.91 Å². The lowest BCUT2D eigenvalue weighted by atomic mass is 10.0. The standard InChI is InChI=1S/C26H20ClF3N6O2/c1-15(24-34-16(2)35-36(24)22-11-10-17(12-31)13-32-22)33-25(37)19-7-5-9-21(23(19)26(28,29)30)38-14-18-6-3-4-8-20(18)27/h3-11,13,15H,14H2,1-2H3,(H,33,37). The second-order valence-electron chi connectivity index (χ2n) is 8.20. The third-order valence-corrected chi connectivity index (χ3v) is 5.83. The van der Waals surface area contributed by atoms with Gasteiger partial charge in [0.15, 0.2) is 11.6 Å². The van der Waals surface area contributed by atoms with Crippen molar-refractivity contribution in [3.8, 4) is 17.6 Å². The lowest BCUT2D eigenvalue weighted by Crippen LogP contribution is -2.30. The summed E-state index contributed by atoms with van der Waals surface area (Å²) in [6.07, 6.45) is -3.53. The van der Waals surface area contributed by atoms with Gasteiger partial charge in [-0.3, -0.25) is 4.79 Å². The number of aryl methyl sites for hydroxylation is 1. The minimum atomic E-state index is -4.88. The molecule has 0 aliphatic rings. The Bertz CT molecular complexity index is 1510. The van der Waals surface area contributed by atoms with Crippen LogP contribution in [0.2, 0.25) is 5.02 Å². The molecule has 1 amide bonds. The molecule has 0 saturated heterocycles. The number of rotatable bonds is 7. The van der Waals surface area contributed by atoms with Crippen molar-refractivity contribution in [2.24, 2.45) is 0 Å². The second-order valence-corrected chi connectivity index (χ2v) is 8.60. The molecule has 1 N–H and O–H groups in total. The van der Waals surface area contributed by atoms with Crippen LogP contribution in [-0.2, 0) is 12.8 Å². The van der Waals surface area contributed by atoms with Crippen LogP contribution in [0.25, 0.3) is 5.82 Å². The minimum Gasteiger partial charge on any atom is -0.488 e. The van der Waals surface area contributed by atoms with Gasteiger partial charge in [-0.1, -0.05) is 35.9 Å². The molecule has 2 heterocycles. The zero-order chi connectivity index (χ0) is 27.4. The molecule has 0 fully saturated rings. The van der Waals surface area contributed by atoms with Gasteiger partial charge in [0, 0.05) is 16.8 Å². The van der Waals surface area contributed by atoms with Crippen LogP contribution in [0.4, 0.5) is 13.2 Å². The minimum absolute atomic E-state index is 0.218. The van der Waals surface area contributed by atoms with Crippen LogP contribution in [0.15, 0.2) is 60.8 Å². The van der Waals surface area contributed by atoms with E-state index in [4.69, 9.17) is 21.6 Å².